The van der Waals surface area contributed by atoms with Crippen LogP contribution < -0.4 is 0 Å². The lowest BCUT2D eigenvalue weighted by atomic mass is 10.00. The lowest BCUT2D eigenvalue weighted by Gasteiger charge is -2.21. The van der Waals surface area contributed by atoms with E-state index in [9.17, 15) is 43.2 Å². The van der Waals surface area contributed by atoms with E-state index in [4.69, 9.17) is 37.0 Å². The quantitative estimate of drug-likeness (QED) is 0.0169. The maximum absolute atomic E-state index is 13.1. The maximum atomic E-state index is 13.1. The number of phosphoric ester groups is 2. The molecule has 0 heterocycles. The van der Waals surface area contributed by atoms with E-state index < -0.39 is 97.5 Å². The predicted octanol–water partition coefficient (Wildman–Crippen LogP) is 25.3. The summed E-state index contributed by atoms with van der Waals surface area (Å²) in [6.45, 7) is 11.9. The van der Waals surface area contributed by atoms with Gasteiger partial charge in [-0.1, -0.05) is 368 Å². The van der Waals surface area contributed by atoms with Crippen molar-refractivity contribution in [3.8, 4) is 0 Å². The number of esters is 4. The molecule has 19 heteroatoms. The van der Waals surface area contributed by atoms with Crippen molar-refractivity contribution in [2.24, 2.45) is 17.8 Å². The number of rotatable bonds is 81. The van der Waals surface area contributed by atoms with Crippen LogP contribution in [0.25, 0.3) is 0 Å². The van der Waals surface area contributed by atoms with E-state index in [1.54, 1.807) is 0 Å². The zero-order valence-corrected chi connectivity index (χ0v) is 69.8. The van der Waals surface area contributed by atoms with Crippen molar-refractivity contribution in [2.75, 3.05) is 39.6 Å². The van der Waals surface area contributed by atoms with Crippen molar-refractivity contribution in [2.45, 2.75) is 439 Å². The monoisotopic (exact) mass is 1520 g/mol. The highest BCUT2D eigenvalue weighted by Crippen LogP contribution is 2.45. The van der Waals surface area contributed by atoms with Gasteiger partial charge in [-0.3, -0.25) is 37.3 Å². The number of ether oxygens (including phenoxy) is 4. The molecule has 0 spiro atoms. The average Bonchev–Trinajstić information content (AvgIpc) is 0.910. The van der Waals surface area contributed by atoms with Crippen molar-refractivity contribution in [1.82, 2.24) is 0 Å². The molecule has 6 atom stereocenters. The minimum absolute atomic E-state index is 0.0841. The molecule has 614 valence electrons. The van der Waals surface area contributed by atoms with Gasteiger partial charge in [0.25, 0.3) is 0 Å². The van der Waals surface area contributed by atoms with E-state index in [-0.39, 0.29) is 25.7 Å². The van der Waals surface area contributed by atoms with Crippen LogP contribution >= 0.6 is 15.6 Å². The van der Waals surface area contributed by atoms with E-state index in [1.165, 1.54) is 212 Å². The Morgan fingerprint density at radius 3 is 0.856 bits per heavy atom. The Morgan fingerprint density at radius 1 is 0.317 bits per heavy atom. The number of hydrogen-bond acceptors (Lipinski definition) is 15. The second-order valence-corrected chi connectivity index (χ2v) is 34.0. The maximum Gasteiger partial charge on any atom is 0.472 e. The van der Waals surface area contributed by atoms with E-state index >= 15 is 0 Å². The molecule has 0 aliphatic carbocycles. The van der Waals surface area contributed by atoms with Crippen LogP contribution in [0.5, 0.6) is 0 Å². The molecule has 104 heavy (non-hydrogen) atoms. The standard InChI is InChI=1S/C85H162O17P2/c1-8-10-11-12-13-14-15-16-22-30-35-40-45-54-61-69-85(90)102-81(73-96-83(88)67-60-53-48-47-51-58-65-78(7)9-2)75-100-104(93,94)98-71-79(86)70-97-103(91,92)99-74-80(101-84(89)68-62-55-46-41-36-31-26-21-24-28-33-38-43-50-57-64-77(5)6)72-95-82(87)66-59-52-44-39-34-29-25-20-18-17-19-23-27-32-37-42-49-56-63-76(3)4/h14-16,22,76-81,86H,8-13,17-21,23-75H2,1-7H3,(H,91,92)(H,93,94)/b15-14-,22-16-/t78?,79-,80-,81-/m1/s1. The topological polar surface area (TPSA) is 237 Å². The fourth-order valence-corrected chi connectivity index (χ4v) is 14.2. The van der Waals surface area contributed by atoms with E-state index in [1.807, 2.05) is 0 Å². The molecule has 17 nitrogen and oxygen atoms in total. The minimum atomic E-state index is -4.97. The number of allylic oxidation sites excluding steroid dienone is 4. The van der Waals surface area contributed by atoms with Crippen molar-refractivity contribution in [3.05, 3.63) is 24.3 Å². The first-order valence-corrected chi connectivity index (χ1v) is 46.2. The van der Waals surface area contributed by atoms with Crippen molar-refractivity contribution < 1.29 is 80.2 Å². The number of carbonyl (C=O) groups is 4. The normalized spacial score (nSPS) is 14.3. The van der Waals surface area contributed by atoms with E-state index in [0.29, 0.717) is 25.7 Å². The van der Waals surface area contributed by atoms with Gasteiger partial charge >= 0.3 is 39.5 Å². The molecule has 0 aliphatic rings. The molecule has 0 fully saturated rings. The first-order valence-electron chi connectivity index (χ1n) is 43.2. The third-order valence-electron chi connectivity index (χ3n) is 19.6. The Balaban J connectivity index is 5.25. The van der Waals surface area contributed by atoms with Crippen LogP contribution in [0.2, 0.25) is 0 Å². The molecular formula is C85H162O17P2. The second kappa shape index (κ2) is 74.6. The Kier molecular flexibility index (Phi) is 72.9. The predicted molar refractivity (Wildman–Crippen MR) is 427 cm³/mol. The molecule has 0 radical (unpaired) electrons. The first kappa shape index (κ1) is 102. The van der Waals surface area contributed by atoms with Crippen LogP contribution in [0.4, 0.5) is 0 Å². The summed E-state index contributed by atoms with van der Waals surface area (Å²) >= 11 is 0. The molecule has 0 aromatic carbocycles. The molecule has 0 saturated heterocycles. The van der Waals surface area contributed by atoms with Gasteiger partial charge in [0.05, 0.1) is 26.4 Å². The van der Waals surface area contributed by atoms with Gasteiger partial charge in [-0.2, -0.15) is 0 Å². The molecule has 0 bridgehead atoms. The number of aliphatic hydroxyl groups is 1. The molecular weight excluding hydrogens is 1350 g/mol. The highest BCUT2D eigenvalue weighted by atomic mass is 31.2. The fourth-order valence-electron chi connectivity index (χ4n) is 12.6. The summed E-state index contributed by atoms with van der Waals surface area (Å²) in [5.74, 6) is 0.212. The number of phosphoric acid groups is 2. The van der Waals surface area contributed by atoms with Crippen LogP contribution in [-0.4, -0.2) is 96.7 Å². The Hall–Kier alpha value is -2.46. The molecule has 0 rings (SSSR count). The summed E-state index contributed by atoms with van der Waals surface area (Å²) in [6.07, 6.45) is 67.5. The molecule has 0 amide bonds. The van der Waals surface area contributed by atoms with Crippen LogP contribution in [0.15, 0.2) is 24.3 Å². The van der Waals surface area contributed by atoms with Crippen molar-refractivity contribution >= 4 is 39.5 Å². The van der Waals surface area contributed by atoms with Crippen LogP contribution in [0.3, 0.4) is 0 Å². The smallest absolute Gasteiger partial charge is 0.462 e. The first-order chi connectivity index (χ1) is 50.3. The van der Waals surface area contributed by atoms with Gasteiger partial charge in [0, 0.05) is 25.7 Å². The Bertz CT molecular complexity index is 2110. The van der Waals surface area contributed by atoms with Gasteiger partial charge in [-0.15, -0.1) is 0 Å². The summed E-state index contributed by atoms with van der Waals surface area (Å²) in [7, 11) is -9.94. The highest BCUT2D eigenvalue weighted by Gasteiger charge is 2.30. The Morgan fingerprint density at radius 2 is 0.567 bits per heavy atom. The number of carbonyl (C=O) groups excluding carboxylic acids is 4. The van der Waals surface area contributed by atoms with E-state index in [2.05, 4.69) is 72.8 Å². The minimum Gasteiger partial charge on any atom is -0.462 e. The SMILES string of the molecule is CCCCCC/C=C\C=C/CCCCCCCC(=O)O[C@H](COC(=O)CCCCCCCCC(C)CC)COP(=O)(O)OC[C@H](O)COP(=O)(O)OC[C@@H](COC(=O)CCCCCCCCCCCCCCCCCCCCC(C)C)OC(=O)CCCCCCCCCCCCCCCCCC(C)C. The summed E-state index contributed by atoms with van der Waals surface area (Å²) in [6, 6.07) is 0. The zero-order chi connectivity index (χ0) is 76.5. The Labute approximate surface area is 637 Å². The van der Waals surface area contributed by atoms with Crippen LogP contribution in [0, 0.1) is 17.8 Å². The average molecular weight is 1520 g/mol. The summed E-state index contributed by atoms with van der Waals surface area (Å²) in [5.41, 5.74) is 0. The van der Waals surface area contributed by atoms with Gasteiger partial charge in [0.1, 0.15) is 19.3 Å². The number of unbranched alkanes of at least 4 members (excludes halogenated alkanes) is 45. The summed E-state index contributed by atoms with van der Waals surface area (Å²) in [4.78, 5) is 73.1. The van der Waals surface area contributed by atoms with Crippen LogP contribution in [-0.2, 0) is 65.4 Å². The largest absolute Gasteiger partial charge is 0.472 e. The third-order valence-corrected chi connectivity index (χ3v) is 21.5. The lowest BCUT2D eigenvalue weighted by molar-refractivity contribution is -0.161. The van der Waals surface area contributed by atoms with Gasteiger partial charge < -0.3 is 33.8 Å². The molecule has 0 saturated carbocycles. The van der Waals surface area contributed by atoms with Crippen molar-refractivity contribution in [1.29, 1.82) is 0 Å². The molecule has 0 aromatic rings. The second-order valence-electron chi connectivity index (χ2n) is 31.1. The third kappa shape index (κ3) is 76.3. The molecule has 3 unspecified atom stereocenters. The molecule has 0 aliphatic heterocycles. The molecule has 0 aromatic heterocycles. The van der Waals surface area contributed by atoms with Gasteiger partial charge in [0.15, 0.2) is 12.2 Å². The van der Waals surface area contributed by atoms with Gasteiger partial charge in [-0.05, 0) is 69.1 Å². The summed E-state index contributed by atoms with van der Waals surface area (Å²) < 4.78 is 68.8. The van der Waals surface area contributed by atoms with Gasteiger partial charge in [-0.25, -0.2) is 9.13 Å². The van der Waals surface area contributed by atoms with Crippen LogP contribution in [0.1, 0.15) is 421 Å². The van der Waals surface area contributed by atoms with E-state index in [0.717, 1.165) is 127 Å². The highest BCUT2D eigenvalue weighted by molar-refractivity contribution is 7.47. The number of hydrogen-bond donors (Lipinski definition) is 3. The van der Waals surface area contributed by atoms with Crippen molar-refractivity contribution in [3.63, 3.8) is 0 Å². The lowest BCUT2D eigenvalue weighted by Crippen LogP contribution is -2.30. The summed E-state index contributed by atoms with van der Waals surface area (Å²) in [5, 5.41) is 10.7. The fraction of sp³-hybridized carbons (Fsp3) is 0.906. The number of aliphatic hydroxyl groups excluding tert-OH is 1. The van der Waals surface area contributed by atoms with Gasteiger partial charge in [0.2, 0.25) is 0 Å². The zero-order valence-electron chi connectivity index (χ0n) is 68.0. The molecule has 3 N–H and O–H groups in total.